The fourth-order valence-electron chi connectivity index (χ4n) is 1.95. The smallest absolute Gasteiger partial charge is 0.187 e. The number of carboxylic acid groups (broad SMARTS) is 1. The normalized spacial score (nSPS) is 12.3. The van der Waals surface area contributed by atoms with Crippen molar-refractivity contribution in [3.8, 4) is 11.4 Å². The van der Waals surface area contributed by atoms with Crippen LogP contribution < -0.4 is 9.84 Å². The van der Waals surface area contributed by atoms with E-state index in [2.05, 4.69) is 20.3 Å². The van der Waals surface area contributed by atoms with E-state index >= 15 is 0 Å². The molecule has 3 aromatic rings. The summed E-state index contributed by atoms with van der Waals surface area (Å²) in [4.78, 5) is 19.2. The highest BCUT2D eigenvalue weighted by Gasteiger charge is 2.16. The summed E-state index contributed by atoms with van der Waals surface area (Å²) in [5, 5.41) is 18.8. The molecule has 9 heteroatoms. The maximum Gasteiger partial charge on any atom is 0.187 e. The number of thioether (sulfide) groups is 1. The van der Waals surface area contributed by atoms with Gasteiger partial charge in [0.15, 0.2) is 11.2 Å². The Bertz CT molecular complexity index is 866. The molecule has 1 aromatic carbocycles. The fourth-order valence-corrected chi connectivity index (χ4v) is 2.73. The van der Waals surface area contributed by atoms with E-state index in [9.17, 15) is 9.90 Å². The minimum absolute atomic E-state index is 0.438. The van der Waals surface area contributed by atoms with Crippen LogP contribution in [0.4, 0.5) is 0 Å². The Morgan fingerprint density at radius 2 is 2.22 bits per heavy atom. The van der Waals surface area contributed by atoms with E-state index in [-0.39, 0.29) is 0 Å². The van der Waals surface area contributed by atoms with Gasteiger partial charge in [-0.25, -0.2) is 9.97 Å². The van der Waals surface area contributed by atoms with Crippen LogP contribution in [0.2, 0.25) is 0 Å². The van der Waals surface area contributed by atoms with Crippen LogP contribution in [0.15, 0.2) is 35.6 Å². The Labute approximate surface area is 135 Å². The highest BCUT2D eigenvalue weighted by Crippen LogP contribution is 2.27. The van der Waals surface area contributed by atoms with Gasteiger partial charge >= 0.3 is 0 Å². The number of fused-ring (bicyclic) bond motifs is 1. The van der Waals surface area contributed by atoms with Crippen LogP contribution in [-0.2, 0) is 4.79 Å². The molecule has 0 saturated carbocycles. The van der Waals surface area contributed by atoms with Gasteiger partial charge < -0.3 is 14.6 Å². The standard InChI is InChI=1S/C14H13N5O3S/c1-8(14(20)21)23-13-11-12(15-7-16-13)19(18-17-11)9-4-3-5-10(6-9)22-2/h3-8H,1-2H3,(H,20,21)/p-1/t8-/m1/s1. The Balaban J connectivity index is 2.06. The number of carbonyl (C=O) groups excluding carboxylic acids is 1. The largest absolute Gasteiger partial charge is 0.549 e. The number of benzene rings is 1. The summed E-state index contributed by atoms with van der Waals surface area (Å²) in [5.74, 6) is -0.484. The van der Waals surface area contributed by atoms with E-state index in [1.807, 2.05) is 18.2 Å². The van der Waals surface area contributed by atoms with Crippen LogP contribution in [0, 0.1) is 0 Å². The van der Waals surface area contributed by atoms with E-state index < -0.39 is 11.2 Å². The average molecular weight is 330 g/mol. The van der Waals surface area contributed by atoms with Crippen LogP contribution in [0.1, 0.15) is 6.92 Å². The summed E-state index contributed by atoms with van der Waals surface area (Å²) in [6.45, 7) is 1.53. The number of methoxy groups -OCH3 is 1. The summed E-state index contributed by atoms with van der Waals surface area (Å²) < 4.78 is 6.75. The van der Waals surface area contributed by atoms with E-state index in [1.54, 1.807) is 17.9 Å². The van der Waals surface area contributed by atoms with Crippen molar-refractivity contribution < 1.29 is 14.6 Å². The molecule has 118 valence electrons. The molecule has 2 heterocycles. The van der Waals surface area contributed by atoms with Gasteiger partial charge in [0.1, 0.15) is 17.1 Å². The highest BCUT2D eigenvalue weighted by molar-refractivity contribution is 8.00. The Hall–Kier alpha value is -2.68. The lowest BCUT2D eigenvalue weighted by molar-refractivity contribution is -0.304. The van der Waals surface area contributed by atoms with Gasteiger partial charge in [0.2, 0.25) is 0 Å². The zero-order valence-corrected chi connectivity index (χ0v) is 13.1. The molecular weight excluding hydrogens is 318 g/mol. The number of nitrogens with zero attached hydrogens (tertiary/aromatic N) is 5. The van der Waals surface area contributed by atoms with E-state index in [4.69, 9.17) is 4.74 Å². The van der Waals surface area contributed by atoms with Gasteiger partial charge in [0, 0.05) is 11.3 Å². The predicted octanol–water partition coefficient (Wildman–Crippen LogP) is 0.450. The maximum absolute atomic E-state index is 10.9. The molecule has 1 atom stereocenters. The first-order valence-corrected chi connectivity index (χ1v) is 7.56. The first-order chi connectivity index (χ1) is 11.1. The maximum atomic E-state index is 10.9. The summed E-state index contributed by atoms with van der Waals surface area (Å²) in [6.07, 6.45) is 1.35. The lowest BCUT2D eigenvalue weighted by Crippen LogP contribution is -2.31. The van der Waals surface area contributed by atoms with Crippen LogP contribution >= 0.6 is 11.8 Å². The topological polar surface area (TPSA) is 106 Å². The number of rotatable bonds is 5. The molecule has 0 unspecified atom stereocenters. The van der Waals surface area contributed by atoms with Crippen molar-refractivity contribution in [2.75, 3.05) is 7.11 Å². The van der Waals surface area contributed by atoms with Crippen molar-refractivity contribution in [1.29, 1.82) is 0 Å². The van der Waals surface area contributed by atoms with E-state index in [1.165, 1.54) is 13.3 Å². The van der Waals surface area contributed by atoms with Crippen molar-refractivity contribution in [1.82, 2.24) is 25.0 Å². The Morgan fingerprint density at radius 3 is 2.96 bits per heavy atom. The number of aromatic nitrogens is 5. The lowest BCUT2D eigenvalue weighted by atomic mass is 10.3. The van der Waals surface area contributed by atoms with E-state index in [0.29, 0.717) is 21.9 Å². The lowest BCUT2D eigenvalue weighted by Gasteiger charge is -2.10. The summed E-state index contributed by atoms with van der Waals surface area (Å²) in [6, 6.07) is 7.29. The third-order valence-electron chi connectivity index (χ3n) is 3.12. The first-order valence-electron chi connectivity index (χ1n) is 6.68. The first kappa shape index (κ1) is 15.2. The molecule has 0 fully saturated rings. The third-order valence-corrected chi connectivity index (χ3v) is 4.19. The van der Waals surface area contributed by atoms with Crippen LogP contribution in [0.25, 0.3) is 16.9 Å². The number of carboxylic acids is 1. The number of carbonyl (C=O) groups is 1. The number of ether oxygens (including phenoxy) is 1. The molecular formula is C14H12N5O3S-. The predicted molar refractivity (Wildman–Crippen MR) is 81.3 cm³/mol. The zero-order valence-electron chi connectivity index (χ0n) is 12.3. The molecule has 8 nitrogen and oxygen atoms in total. The molecule has 23 heavy (non-hydrogen) atoms. The van der Waals surface area contributed by atoms with Gasteiger partial charge in [-0.15, -0.1) is 5.10 Å². The molecule has 0 aliphatic rings. The third kappa shape index (κ3) is 2.95. The molecule has 0 aliphatic carbocycles. The molecule has 0 bridgehead atoms. The van der Waals surface area contributed by atoms with Crippen LogP contribution in [-0.4, -0.2) is 43.3 Å². The summed E-state index contributed by atoms with van der Waals surface area (Å²) >= 11 is 1.04. The van der Waals surface area contributed by atoms with Crippen molar-refractivity contribution >= 4 is 28.9 Å². The van der Waals surface area contributed by atoms with Crippen molar-refractivity contribution in [2.24, 2.45) is 0 Å². The second-order valence-electron chi connectivity index (χ2n) is 4.63. The molecule has 0 N–H and O–H groups in total. The summed E-state index contributed by atoms with van der Waals surface area (Å²) in [5.41, 5.74) is 1.66. The molecule has 0 saturated heterocycles. The number of hydrogen-bond acceptors (Lipinski definition) is 8. The number of aliphatic carboxylic acids is 1. The molecule has 0 spiro atoms. The van der Waals surface area contributed by atoms with Gasteiger partial charge in [0.25, 0.3) is 0 Å². The minimum atomic E-state index is -1.16. The van der Waals surface area contributed by atoms with Gasteiger partial charge in [0.05, 0.1) is 18.8 Å². The molecule has 3 rings (SSSR count). The second kappa shape index (κ2) is 6.21. The van der Waals surface area contributed by atoms with Gasteiger partial charge in [-0.3, -0.25) is 0 Å². The van der Waals surface area contributed by atoms with Crippen molar-refractivity contribution in [2.45, 2.75) is 17.2 Å². The average Bonchev–Trinajstić information content (AvgIpc) is 3.00. The fraction of sp³-hybridized carbons (Fsp3) is 0.214. The van der Waals surface area contributed by atoms with Crippen molar-refractivity contribution in [3.05, 3.63) is 30.6 Å². The zero-order chi connectivity index (χ0) is 16.4. The highest BCUT2D eigenvalue weighted by atomic mass is 32.2. The second-order valence-corrected chi connectivity index (χ2v) is 5.96. The van der Waals surface area contributed by atoms with Crippen molar-refractivity contribution in [3.63, 3.8) is 0 Å². The quantitative estimate of drug-likeness (QED) is 0.490. The Kier molecular flexibility index (Phi) is 4.11. The molecule has 2 aromatic heterocycles. The van der Waals surface area contributed by atoms with Gasteiger partial charge in [-0.2, -0.15) is 4.68 Å². The van der Waals surface area contributed by atoms with E-state index in [0.717, 1.165) is 17.4 Å². The molecule has 0 aliphatic heterocycles. The summed E-state index contributed by atoms with van der Waals surface area (Å²) in [7, 11) is 1.58. The SMILES string of the molecule is COc1cccc(-n2nnc3c(S[C@H](C)C(=O)[O-])ncnc32)c1. The molecule has 0 radical (unpaired) electrons. The Morgan fingerprint density at radius 1 is 1.39 bits per heavy atom. The monoisotopic (exact) mass is 330 g/mol. The van der Waals surface area contributed by atoms with Crippen LogP contribution in [0.3, 0.4) is 0 Å². The number of hydrogen-bond donors (Lipinski definition) is 0. The minimum Gasteiger partial charge on any atom is -0.549 e. The van der Waals surface area contributed by atoms with Gasteiger partial charge in [-0.05, 0) is 19.1 Å². The van der Waals surface area contributed by atoms with Gasteiger partial charge in [-0.1, -0.05) is 23.0 Å². The molecule has 0 amide bonds. The van der Waals surface area contributed by atoms with Crippen LogP contribution in [0.5, 0.6) is 5.75 Å².